The molecule has 19 heavy (non-hydrogen) atoms. The normalized spacial score (nSPS) is 26.7. The van der Waals surface area contributed by atoms with E-state index in [4.69, 9.17) is 11.6 Å². The van der Waals surface area contributed by atoms with Gasteiger partial charge in [-0.2, -0.15) is 4.31 Å². The molecule has 1 aliphatic heterocycles. The van der Waals surface area contributed by atoms with Gasteiger partial charge in [-0.15, -0.1) is 22.9 Å². The van der Waals surface area contributed by atoms with Gasteiger partial charge in [0.05, 0.1) is 10.8 Å². The minimum atomic E-state index is -3.38. The molecule has 1 fully saturated rings. The molecule has 0 aliphatic carbocycles. The molecule has 1 aromatic heterocycles. The van der Waals surface area contributed by atoms with E-state index in [-0.39, 0.29) is 12.1 Å². The minimum Gasteiger partial charge on any atom is -0.298 e. The molecule has 2 heterocycles. The number of sulfonamides is 1. The minimum absolute atomic E-state index is 0.227. The van der Waals surface area contributed by atoms with Crippen LogP contribution in [0.3, 0.4) is 0 Å². The monoisotopic (exact) mass is 322 g/mol. The van der Waals surface area contributed by atoms with E-state index in [1.165, 1.54) is 11.3 Å². The molecule has 0 saturated carbocycles. The van der Waals surface area contributed by atoms with Gasteiger partial charge in [0, 0.05) is 35.4 Å². The molecule has 0 bridgehead atoms. The molecule has 108 valence electrons. The zero-order valence-corrected chi connectivity index (χ0v) is 13.7. The predicted octanol–water partition coefficient (Wildman–Crippen LogP) is 2.20. The highest BCUT2D eigenvalue weighted by Gasteiger charge is 2.34. The Labute approximate surface area is 124 Å². The van der Waals surface area contributed by atoms with E-state index < -0.39 is 10.0 Å². The Morgan fingerprint density at radius 1 is 1.37 bits per heavy atom. The third kappa shape index (κ3) is 2.97. The zero-order chi connectivity index (χ0) is 14.2. The van der Waals surface area contributed by atoms with E-state index in [0.29, 0.717) is 23.9 Å². The number of alkyl halides is 1. The topological polar surface area (TPSA) is 40.6 Å². The smallest absolute Gasteiger partial charge is 0.244 e. The van der Waals surface area contributed by atoms with Gasteiger partial charge in [0.25, 0.3) is 0 Å². The summed E-state index contributed by atoms with van der Waals surface area (Å²) in [4.78, 5) is 3.47. The average molecular weight is 323 g/mol. The predicted molar refractivity (Wildman–Crippen MR) is 79.3 cm³/mol. The first-order valence-electron chi connectivity index (χ1n) is 6.21. The second-order valence-corrected chi connectivity index (χ2v) is 8.27. The molecule has 1 aliphatic rings. The molecule has 1 saturated heterocycles. The Bertz CT molecular complexity index is 532. The number of likely N-dealkylation sites (N-methyl/N-ethyl adjacent to an activating group) is 1. The summed E-state index contributed by atoms with van der Waals surface area (Å²) in [6, 6.07) is 2.13. The van der Waals surface area contributed by atoms with Crippen LogP contribution in [-0.4, -0.2) is 49.8 Å². The summed E-state index contributed by atoms with van der Waals surface area (Å²) < 4.78 is 26.8. The van der Waals surface area contributed by atoms with E-state index in [1.54, 1.807) is 15.8 Å². The van der Waals surface area contributed by atoms with E-state index >= 15 is 0 Å². The fourth-order valence-electron chi connectivity index (χ4n) is 2.27. The van der Waals surface area contributed by atoms with Crippen molar-refractivity contribution >= 4 is 33.0 Å². The van der Waals surface area contributed by atoms with E-state index in [2.05, 4.69) is 18.7 Å². The lowest BCUT2D eigenvalue weighted by Crippen LogP contribution is -2.56. The van der Waals surface area contributed by atoms with Crippen molar-refractivity contribution in [3.63, 3.8) is 0 Å². The second kappa shape index (κ2) is 5.69. The number of thiophene rings is 1. The average Bonchev–Trinajstić information content (AvgIpc) is 2.84. The highest BCUT2D eigenvalue weighted by atomic mass is 35.5. The lowest BCUT2D eigenvalue weighted by molar-refractivity contribution is 0.105. The first kappa shape index (κ1) is 15.3. The van der Waals surface area contributed by atoms with Crippen LogP contribution in [0.2, 0.25) is 0 Å². The van der Waals surface area contributed by atoms with Crippen LogP contribution in [0.4, 0.5) is 0 Å². The number of hydrogen-bond acceptors (Lipinski definition) is 4. The standard InChI is InChI=1S/C12H19ClN2O2S2/c1-9-6-15(7-10(2)14(9)3)19(16,17)12-4-11(5-13)18-8-12/h4,8-10H,5-7H2,1-3H3. The number of piperazine rings is 1. The summed E-state index contributed by atoms with van der Waals surface area (Å²) in [6.45, 7) is 5.18. The van der Waals surface area contributed by atoms with Gasteiger partial charge >= 0.3 is 0 Å². The summed E-state index contributed by atoms with van der Waals surface area (Å²) in [5.41, 5.74) is 0. The van der Waals surface area contributed by atoms with Crippen LogP contribution in [0.5, 0.6) is 0 Å². The second-order valence-electron chi connectivity index (χ2n) is 5.07. The quantitative estimate of drug-likeness (QED) is 0.801. The molecule has 0 aromatic carbocycles. The van der Waals surface area contributed by atoms with Gasteiger partial charge in [0.1, 0.15) is 0 Å². The van der Waals surface area contributed by atoms with E-state index in [1.807, 2.05) is 7.05 Å². The maximum absolute atomic E-state index is 12.6. The molecule has 0 radical (unpaired) electrons. The summed E-state index contributed by atoms with van der Waals surface area (Å²) in [6.07, 6.45) is 0. The van der Waals surface area contributed by atoms with Gasteiger partial charge in [-0.25, -0.2) is 8.42 Å². The Balaban J connectivity index is 2.25. The first-order chi connectivity index (χ1) is 8.86. The van der Waals surface area contributed by atoms with E-state index in [9.17, 15) is 8.42 Å². The fraction of sp³-hybridized carbons (Fsp3) is 0.667. The number of nitrogens with zero attached hydrogens (tertiary/aromatic N) is 2. The third-order valence-electron chi connectivity index (χ3n) is 3.73. The van der Waals surface area contributed by atoms with Gasteiger partial charge in [-0.1, -0.05) is 0 Å². The van der Waals surface area contributed by atoms with Gasteiger partial charge in [-0.05, 0) is 27.0 Å². The summed E-state index contributed by atoms with van der Waals surface area (Å²) >= 11 is 7.13. The van der Waals surface area contributed by atoms with Crippen molar-refractivity contribution in [1.29, 1.82) is 0 Å². The van der Waals surface area contributed by atoms with Crippen LogP contribution in [0.1, 0.15) is 18.7 Å². The summed E-state index contributed by atoms with van der Waals surface area (Å²) in [5, 5.41) is 1.68. The fourth-order valence-corrected chi connectivity index (χ4v) is 5.25. The van der Waals surface area contributed by atoms with Crippen LogP contribution in [-0.2, 0) is 15.9 Å². The Kier molecular flexibility index (Phi) is 4.57. The van der Waals surface area contributed by atoms with Gasteiger partial charge in [0.15, 0.2) is 0 Å². The lowest BCUT2D eigenvalue weighted by atomic mass is 10.1. The first-order valence-corrected chi connectivity index (χ1v) is 9.07. The molecular formula is C12H19ClN2O2S2. The third-order valence-corrected chi connectivity index (χ3v) is 7.07. The molecule has 2 atom stereocenters. The van der Waals surface area contributed by atoms with E-state index in [0.717, 1.165) is 4.88 Å². The van der Waals surface area contributed by atoms with Crippen LogP contribution in [0.15, 0.2) is 16.3 Å². The summed E-state index contributed by atoms with van der Waals surface area (Å²) in [5.74, 6) is 0.357. The Hall–Kier alpha value is -0.140. The number of rotatable bonds is 3. The largest absolute Gasteiger partial charge is 0.298 e. The molecule has 4 nitrogen and oxygen atoms in total. The molecule has 7 heteroatoms. The van der Waals surface area contributed by atoms with Crippen molar-refractivity contribution in [2.75, 3.05) is 20.1 Å². The van der Waals surface area contributed by atoms with Crippen molar-refractivity contribution in [3.05, 3.63) is 16.3 Å². The number of halogens is 1. The lowest BCUT2D eigenvalue weighted by Gasteiger charge is -2.41. The van der Waals surface area contributed by atoms with Gasteiger partial charge < -0.3 is 0 Å². The van der Waals surface area contributed by atoms with Crippen molar-refractivity contribution in [3.8, 4) is 0 Å². The van der Waals surface area contributed by atoms with Crippen molar-refractivity contribution < 1.29 is 8.42 Å². The molecular weight excluding hydrogens is 304 g/mol. The van der Waals surface area contributed by atoms with Crippen molar-refractivity contribution in [1.82, 2.24) is 9.21 Å². The molecule has 0 amide bonds. The molecule has 2 rings (SSSR count). The van der Waals surface area contributed by atoms with Crippen LogP contribution in [0.25, 0.3) is 0 Å². The van der Waals surface area contributed by atoms with Crippen molar-refractivity contribution in [2.24, 2.45) is 0 Å². The van der Waals surface area contributed by atoms with Crippen molar-refractivity contribution in [2.45, 2.75) is 36.7 Å². The van der Waals surface area contributed by atoms with Crippen LogP contribution in [0, 0.1) is 0 Å². The summed E-state index contributed by atoms with van der Waals surface area (Å²) in [7, 11) is -1.34. The molecule has 0 spiro atoms. The zero-order valence-electron chi connectivity index (χ0n) is 11.3. The Morgan fingerprint density at radius 3 is 2.42 bits per heavy atom. The van der Waals surface area contributed by atoms with Gasteiger partial charge in [0.2, 0.25) is 10.0 Å². The molecule has 1 aromatic rings. The van der Waals surface area contributed by atoms with Gasteiger partial charge in [-0.3, -0.25) is 4.90 Å². The highest BCUT2D eigenvalue weighted by molar-refractivity contribution is 7.89. The van der Waals surface area contributed by atoms with Crippen LogP contribution < -0.4 is 0 Å². The SMILES string of the molecule is CC1CN(S(=O)(=O)c2csc(CCl)c2)CC(C)N1C. The maximum Gasteiger partial charge on any atom is 0.244 e. The molecule has 2 unspecified atom stereocenters. The highest BCUT2D eigenvalue weighted by Crippen LogP contribution is 2.26. The van der Waals surface area contributed by atoms with Crippen LogP contribution >= 0.6 is 22.9 Å². The molecule has 0 N–H and O–H groups in total. The maximum atomic E-state index is 12.6. The Morgan fingerprint density at radius 2 is 1.95 bits per heavy atom. The number of hydrogen-bond donors (Lipinski definition) is 0.